The highest BCUT2D eigenvalue weighted by atomic mass is 35.5. The van der Waals surface area contributed by atoms with Gasteiger partial charge in [0.05, 0.1) is 61.8 Å². The number of hydrogen-bond acceptors (Lipinski definition) is 30. The average Bonchev–Trinajstić information content (AvgIpc) is 1.71. The summed E-state index contributed by atoms with van der Waals surface area (Å²) >= 11 is 8.01. The standard InChI is InChI=1S/C33H35ClN8O.C28H29N7OS.C27H31N7O.C26H31N7O/c1-5-23(3)36-28-11-6-7-12-29(28)38-31-26(32(43)39-30-22(2)9-8-10-27(30)34)21-35-33(40-31)37-24-13-15-25(16-14-24)42-19-17-41(4)18-20-42;1-3-26(36)31-23-7-4-5-8-24(23)32-27-22(25-9-6-18-37-25)19-29-28(33-27)30-20-10-12-21(13-11-20)35-16-14-34(2)15-17-35;1-3-25(35)30-23-6-4-5-7-24(23)31-26-22(19-8-9-19)18-28-27(32-26)29-20-10-12-21(13-11-20)34-16-14-33(2)15-17-34;1-4-19-18-27-26(28-20-10-12-21(13-11-20)33-16-14-32(3)15-17-33)31-25(19)30-23-9-7-6-8-22(23)29-24(34)5-2/h5-16,21,36H,1,3,17-20H2,2,4H3,(H,39,43)(H2,35,37,38,40);3-13,18-19H,1,14-17H2,2H3,(H,31,36)(H2,29,30,32,33);3-7,10-13,18-19H,1,8-9,14-17H2,2H3,(H,30,35)(H2,28,29,31,32);5-13,18H,2,4,14-17H2,1,3H3,(H,29,34)(H2,27,28,30,31). The number of nitrogens with one attached hydrogen (secondary N) is 13. The predicted molar refractivity (Wildman–Crippen MR) is 613 cm³/mol. The Labute approximate surface area is 879 Å². The molecule has 13 N–H and O–H groups in total. The van der Waals surface area contributed by atoms with Crippen molar-refractivity contribution < 1.29 is 19.2 Å². The molecule has 764 valence electrons. The summed E-state index contributed by atoms with van der Waals surface area (Å²) in [4.78, 5) is 106. The molecule has 5 aliphatic rings. The molecule has 33 nitrogen and oxygen atoms in total. The molecule has 4 aliphatic heterocycles. The molecule has 9 heterocycles. The topological polar surface area (TPSA) is 354 Å². The maximum Gasteiger partial charge on any atom is 0.261 e. The number of rotatable bonds is 34. The smallest absolute Gasteiger partial charge is 0.261 e. The Morgan fingerprint density at radius 1 is 0.362 bits per heavy atom. The molecule has 35 heteroatoms. The second-order valence-corrected chi connectivity index (χ2v) is 37.8. The Morgan fingerprint density at radius 3 is 1.07 bits per heavy atom. The fraction of sp³-hybridized carbons (Fsp3) is 0.228. The first-order valence-electron chi connectivity index (χ1n) is 49.7. The van der Waals surface area contributed by atoms with Gasteiger partial charge in [-0.25, -0.2) is 19.9 Å². The molecule has 5 fully saturated rings. The van der Waals surface area contributed by atoms with E-state index in [0.717, 1.165) is 202 Å². The molecule has 0 radical (unpaired) electrons. The van der Waals surface area contributed by atoms with Gasteiger partial charge in [0.2, 0.25) is 41.5 Å². The minimum atomic E-state index is -0.400. The zero-order chi connectivity index (χ0) is 104. The van der Waals surface area contributed by atoms with Crippen molar-refractivity contribution in [2.24, 2.45) is 0 Å². The fourth-order valence-corrected chi connectivity index (χ4v) is 17.8. The van der Waals surface area contributed by atoms with Gasteiger partial charge in [-0.15, -0.1) is 11.3 Å². The number of carbonyl (C=O) groups is 4. The summed E-state index contributed by atoms with van der Waals surface area (Å²) in [6.07, 6.45) is 15.4. The summed E-state index contributed by atoms with van der Waals surface area (Å²) in [6, 6.07) is 72.9. The number of aromatic nitrogens is 8. The first-order chi connectivity index (χ1) is 72.5. The van der Waals surface area contributed by atoms with Crippen molar-refractivity contribution in [1.82, 2.24) is 59.5 Å². The van der Waals surface area contributed by atoms with Crippen molar-refractivity contribution >= 4 is 190 Å². The number of hydrogen-bond donors (Lipinski definition) is 13. The van der Waals surface area contributed by atoms with E-state index in [9.17, 15) is 19.2 Å². The van der Waals surface area contributed by atoms with E-state index in [1.165, 1.54) is 47.2 Å². The monoisotopic (exact) mass is 2030 g/mol. The molecule has 9 aromatic carbocycles. The minimum Gasteiger partial charge on any atom is -0.369 e. The van der Waals surface area contributed by atoms with Crippen LogP contribution in [0.3, 0.4) is 0 Å². The van der Waals surface area contributed by atoms with Gasteiger partial charge in [-0.05, 0) is 253 Å². The number of amides is 4. The third kappa shape index (κ3) is 29.3. The molecule has 5 aromatic heterocycles. The number of allylic oxidation sites excluding steroid dienone is 1. The summed E-state index contributed by atoms with van der Waals surface area (Å²) in [5.41, 5.74) is 19.3. The average molecular weight is 2030 g/mol. The van der Waals surface area contributed by atoms with Crippen molar-refractivity contribution in [2.75, 3.05) is 222 Å². The van der Waals surface area contributed by atoms with Gasteiger partial charge in [0.15, 0.2) is 0 Å². The number of aryl methyl sites for hydroxylation is 2. The third-order valence-electron chi connectivity index (χ3n) is 25.7. The van der Waals surface area contributed by atoms with Crippen LogP contribution >= 0.6 is 22.9 Å². The van der Waals surface area contributed by atoms with Gasteiger partial charge in [-0.3, -0.25) is 19.2 Å². The van der Waals surface area contributed by atoms with E-state index in [-0.39, 0.29) is 23.3 Å². The number of para-hydroxylation sites is 9. The van der Waals surface area contributed by atoms with E-state index in [0.29, 0.717) is 86.3 Å². The van der Waals surface area contributed by atoms with Gasteiger partial charge in [0.25, 0.3) is 5.91 Å². The molecule has 19 rings (SSSR count). The van der Waals surface area contributed by atoms with E-state index < -0.39 is 5.91 Å². The highest BCUT2D eigenvalue weighted by molar-refractivity contribution is 7.13. The zero-order valence-electron chi connectivity index (χ0n) is 84.7. The van der Waals surface area contributed by atoms with Crippen molar-refractivity contribution in [1.29, 1.82) is 0 Å². The van der Waals surface area contributed by atoms with Gasteiger partial charge in [-0.1, -0.05) is 118 Å². The maximum absolute atomic E-state index is 13.6. The molecule has 1 saturated carbocycles. The van der Waals surface area contributed by atoms with Crippen LogP contribution in [0.15, 0.2) is 318 Å². The number of anilines is 25. The second-order valence-electron chi connectivity index (χ2n) is 36.4. The first kappa shape index (κ1) is 105. The first-order valence-corrected chi connectivity index (χ1v) is 50.9. The van der Waals surface area contributed by atoms with Gasteiger partial charge < -0.3 is 108 Å². The summed E-state index contributed by atoms with van der Waals surface area (Å²) in [7, 11) is 8.63. The lowest BCUT2D eigenvalue weighted by Crippen LogP contribution is -2.44. The Morgan fingerprint density at radius 2 is 0.705 bits per heavy atom. The Balaban J connectivity index is 0.000000142. The van der Waals surface area contributed by atoms with Gasteiger partial charge in [0.1, 0.15) is 28.8 Å². The fourth-order valence-electron chi connectivity index (χ4n) is 16.8. The SMILES string of the molecule is C=CC(=C)Nc1ccccc1Nc1nc(Nc2ccc(N3CCN(C)CC3)cc2)ncc1C(=O)Nc1c(C)cccc1Cl.C=CC(=O)Nc1ccccc1Nc1nc(Nc2ccc(N3CCN(C)CC3)cc2)ncc1-c1cccs1.C=CC(=O)Nc1ccccc1Nc1nc(Nc2ccc(N3CCN(C)CC3)cc2)ncc1C1CC1.C=CC(=O)Nc1ccccc1Nc1nc(Nc2ccc(N3CCN(C)CC3)cc2)ncc1CC. The molecular formula is C114H126ClN29O4S. The molecule has 149 heavy (non-hydrogen) atoms. The molecule has 0 unspecified atom stereocenters. The van der Waals surface area contributed by atoms with Crippen LogP contribution in [0.1, 0.15) is 52.7 Å². The van der Waals surface area contributed by atoms with Crippen LogP contribution < -0.4 is 88.7 Å². The summed E-state index contributed by atoms with van der Waals surface area (Å²) in [6.45, 7) is 39.0. The molecule has 0 bridgehead atoms. The molecule has 4 saturated heterocycles. The summed E-state index contributed by atoms with van der Waals surface area (Å²) in [5, 5.41) is 43.8. The van der Waals surface area contributed by atoms with Gasteiger partial charge >= 0.3 is 0 Å². The number of likely N-dealkylation sites (N-methyl/N-ethyl adjacent to an activating group) is 4. The molecule has 14 aromatic rings. The van der Waals surface area contributed by atoms with E-state index in [1.54, 1.807) is 23.5 Å². The largest absolute Gasteiger partial charge is 0.369 e. The number of halogens is 1. The van der Waals surface area contributed by atoms with E-state index >= 15 is 0 Å². The highest BCUT2D eigenvalue weighted by Crippen LogP contribution is 2.45. The van der Waals surface area contributed by atoms with Crippen molar-refractivity contribution in [3.63, 3.8) is 0 Å². The number of carbonyl (C=O) groups excluding carboxylic acids is 4. The summed E-state index contributed by atoms with van der Waals surface area (Å²) in [5.74, 6) is 3.47. The second kappa shape index (κ2) is 51.2. The van der Waals surface area contributed by atoms with Crippen LogP contribution in [-0.4, -0.2) is 216 Å². The Kier molecular flexibility index (Phi) is 36.1. The molecular weight excluding hydrogens is 1910 g/mol. The number of benzene rings is 9. The lowest BCUT2D eigenvalue weighted by atomic mass is 10.2. The molecule has 4 amide bonds. The molecule has 0 atom stereocenters. The normalized spacial score (nSPS) is 14.1. The predicted octanol–water partition coefficient (Wildman–Crippen LogP) is 21.7. The molecule has 1 aliphatic carbocycles. The number of piperazine rings is 4. The van der Waals surface area contributed by atoms with Crippen LogP contribution in [-0.2, 0) is 20.8 Å². The lowest BCUT2D eigenvalue weighted by Gasteiger charge is -2.34. The number of nitrogens with zero attached hydrogens (tertiary/aromatic N) is 16. The van der Waals surface area contributed by atoms with Gasteiger partial charge in [-0.2, -0.15) is 19.9 Å². The molecule has 0 spiro atoms. The third-order valence-corrected chi connectivity index (χ3v) is 26.9. The van der Waals surface area contributed by atoms with Gasteiger partial charge in [0, 0.05) is 197 Å². The highest BCUT2D eigenvalue weighted by Gasteiger charge is 2.30. The quantitative estimate of drug-likeness (QED) is 0.0132. The van der Waals surface area contributed by atoms with E-state index in [1.807, 2.05) is 164 Å². The lowest BCUT2D eigenvalue weighted by molar-refractivity contribution is -0.112. The van der Waals surface area contributed by atoms with Crippen molar-refractivity contribution in [3.05, 3.63) is 345 Å². The Bertz CT molecular complexity index is 6970. The van der Waals surface area contributed by atoms with Crippen LogP contribution in [0.5, 0.6) is 0 Å². The summed E-state index contributed by atoms with van der Waals surface area (Å²) < 4.78 is 0. The van der Waals surface area contributed by atoms with Crippen LogP contribution in [0.25, 0.3) is 10.4 Å². The van der Waals surface area contributed by atoms with Crippen LogP contribution in [0.4, 0.5) is 144 Å². The van der Waals surface area contributed by atoms with Crippen LogP contribution in [0.2, 0.25) is 5.02 Å². The van der Waals surface area contributed by atoms with E-state index in [4.69, 9.17) is 31.5 Å². The Hall–Kier alpha value is -16.9. The van der Waals surface area contributed by atoms with Crippen molar-refractivity contribution in [3.8, 4) is 10.4 Å². The van der Waals surface area contributed by atoms with Crippen LogP contribution in [0, 0.1) is 6.92 Å². The zero-order valence-corrected chi connectivity index (χ0v) is 86.3. The maximum atomic E-state index is 13.6. The van der Waals surface area contributed by atoms with Crippen molar-refractivity contribution in [2.45, 2.75) is 39.0 Å². The number of thiophene rings is 1. The minimum absolute atomic E-state index is 0.243. The van der Waals surface area contributed by atoms with E-state index in [2.05, 4.69) is 281 Å².